The predicted molar refractivity (Wildman–Crippen MR) is 115 cm³/mol. The standard InChI is InChI=1S/C23H12Cl2N2O3/c24-18-9-8-15(11-19(18)25)20-21(14-6-4-13(12-26)5-7-14)30-22(27-20)16-2-1-3-17(10-16)23(28)29/h1-11H,(H,28,29). The van der Waals surface area contributed by atoms with Crippen LogP contribution in [0.15, 0.2) is 71.1 Å². The molecule has 0 radical (unpaired) electrons. The minimum atomic E-state index is -1.04. The lowest BCUT2D eigenvalue weighted by atomic mass is 10.0. The summed E-state index contributed by atoms with van der Waals surface area (Å²) in [6.07, 6.45) is 0. The van der Waals surface area contributed by atoms with Gasteiger partial charge in [0.1, 0.15) is 5.69 Å². The van der Waals surface area contributed by atoms with Crippen molar-refractivity contribution in [2.45, 2.75) is 0 Å². The van der Waals surface area contributed by atoms with Gasteiger partial charge in [-0.05, 0) is 54.6 Å². The third kappa shape index (κ3) is 3.79. The number of carboxylic acids is 1. The highest BCUT2D eigenvalue weighted by atomic mass is 35.5. The van der Waals surface area contributed by atoms with Crippen molar-refractivity contribution in [3.8, 4) is 40.1 Å². The molecular formula is C23H12Cl2N2O3. The molecule has 0 saturated heterocycles. The summed E-state index contributed by atoms with van der Waals surface area (Å²) >= 11 is 12.2. The molecule has 0 saturated carbocycles. The number of rotatable bonds is 4. The Morgan fingerprint density at radius 2 is 1.67 bits per heavy atom. The van der Waals surface area contributed by atoms with Crippen molar-refractivity contribution in [1.82, 2.24) is 4.98 Å². The number of nitrogens with zero attached hydrogens (tertiary/aromatic N) is 2. The predicted octanol–water partition coefficient (Wildman–Crippen LogP) is 6.55. The highest BCUT2D eigenvalue weighted by Crippen LogP contribution is 2.38. The molecule has 0 bridgehead atoms. The Kier molecular flexibility index (Phi) is 5.28. The van der Waals surface area contributed by atoms with Crippen molar-refractivity contribution < 1.29 is 14.3 Å². The normalized spacial score (nSPS) is 10.6. The summed E-state index contributed by atoms with van der Waals surface area (Å²) in [5.74, 6) is -0.312. The number of hydrogen-bond donors (Lipinski definition) is 1. The number of nitriles is 1. The molecule has 0 amide bonds. The van der Waals surface area contributed by atoms with Crippen molar-refractivity contribution in [3.05, 3.63) is 87.9 Å². The molecular weight excluding hydrogens is 423 g/mol. The second-order valence-corrected chi connectivity index (χ2v) is 7.22. The molecule has 0 unspecified atom stereocenters. The lowest BCUT2D eigenvalue weighted by Crippen LogP contribution is -1.95. The van der Waals surface area contributed by atoms with Gasteiger partial charge in [-0.1, -0.05) is 35.3 Å². The first-order valence-corrected chi connectivity index (χ1v) is 9.52. The van der Waals surface area contributed by atoms with Gasteiger partial charge in [0.25, 0.3) is 0 Å². The number of benzene rings is 3. The zero-order chi connectivity index (χ0) is 21.3. The molecule has 1 aromatic heterocycles. The van der Waals surface area contributed by atoms with Crippen LogP contribution in [0.2, 0.25) is 10.0 Å². The average Bonchev–Trinajstić information content (AvgIpc) is 3.21. The maximum Gasteiger partial charge on any atom is 0.335 e. The van der Waals surface area contributed by atoms with Crippen LogP contribution in [0.5, 0.6) is 0 Å². The Bertz CT molecular complexity index is 1310. The summed E-state index contributed by atoms with van der Waals surface area (Å²) in [6, 6.07) is 20.4. The minimum Gasteiger partial charge on any atom is -0.478 e. The molecule has 146 valence electrons. The van der Waals surface area contributed by atoms with Crippen molar-refractivity contribution in [1.29, 1.82) is 5.26 Å². The Morgan fingerprint density at radius 1 is 0.933 bits per heavy atom. The molecule has 0 aliphatic heterocycles. The molecule has 4 aromatic rings. The van der Waals surface area contributed by atoms with Crippen LogP contribution in [0, 0.1) is 11.3 Å². The van der Waals surface area contributed by atoms with Gasteiger partial charge in [-0.3, -0.25) is 0 Å². The fourth-order valence-corrected chi connectivity index (χ4v) is 3.26. The molecule has 0 aliphatic rings. The fourth-order valence-electron chi connectivity index (χ4n) is 2.96. The smallest absolute Gasteiger partial charge is 0.335 e. The highest BCUT2D eigenvalue weighted by molar-refractivity contribution is 6.42. The molecule has 3 aromatic carbocycles. The molecule has 0 atom stereocenters. The van der Waals surface area contributed by atoms with Crippen LogP contribution in [-0.2, 0) is 0 Å². The summed E-state index contributed by atoms with van der Waals surface area (Å²) in [7, 11) is 0. The lowest BCUT2D eigenvalue weighted by molar-refractivity contribution is 0.0697. The van der Waals surface area contributed by atoms with Gasteiger partial charge in [-0.2, -0.15) is 5.26 Å². The molecule has 0 spiro atoms. The number of halogens is 2. The van der Waals surface area contributed by atoms with Crippen molar-refractivity contribution in [2.75, 3.05) is 0 Å². The van der Waals surface area contributed by atoms with E-state index < -0.39 is 5.97 Å². The van der Waals surface area contributed by atoms with Gasteiger partial charge in [-0.25, -0.2) is 9.78 Å². The van der Waals surface area contributed by atoms with Gasteiger partial charge in [0.05, 0.1) is 27.2 Å². The van der Waals surface area contributed by atoms with Gasteiger partial charge in [0.2, 0.25) is 5.89 Å². The molecule has 4 rings (SSSR count). The van der Waals surface area contributed by atoms with Crippen molar-refractivity contribution in [2.24, 2.45) is 0 Å². The van der Waals surface area contributed by atoms with E-state index in [-0.39, 0.29) is 11.5 Å². The number of carboxylic acid groups (broad SMARTS) is 1. The Morgan fingerprint density at radius 3 is 2.33 bits per heavy atom. The molecule has 7 heteroatoms. The van der Waals surface area contributed by atoms with Crippen LogP contribution in [-0.4, -0.2) is 16.1 Å². The average molecular weight is 435 g/mol. The van der Waals surface area contributed by atoms with Crippen LogP contribution in [0.1, 0.15) is 15.9 Å². The number of oxazole rings is 1. The molecule has 30 heavy (non-hydrogen) atoms. The Hall–Kier alpha value is -3.59. The van der Waals surface area contributed by atoms with E-state index in [0.29, 0.717) is 43.8 Å². The largest absolute Gasteiger partial charge is 0.478 e. The number of aromatic carboxylic acids is 1. The van der Waals surface area contributed by atoms with Gasteiger partial charge < -0.3 is 9.52 Å². The molecule has 0 aliphatic carbocycles. The Balaban J connectivity index is 1.90. The summed E-state index contributed by atoms with van der Waals surface area (Å²) in [5.41, 5.74) is 3.09. The van der Waals surface area contributed by atoms with Crippen LogP contribution in [0.25, 0.3) is 34.0 Å². The summed E-state index contributed by atoms with van der Waals surface area (Å²) < 4.78 is 6.06. The van der Waals surface area contributed by atoms with E-state index >= 15 is 0 Å². The highest BCUT2D eigenvalue weighted by Gasteiger charge is 2.19. The fraction of sp³-hybridized carbons (Fsp3) is 0. The summed E-state index contributed by atoms with van der Waals surface area (Å²) in [5, 5.41) is 19.1. The van der Waals surface area contributed by atoms with E-state index in [2.05, 4.69) is 11.1 Å². The number of carbonyl (C=O) groups is 1. The third-order valence-corrected chi connectivity index (χ3v) is 5.19. The molecule has 1 N–H and O–H groups in total. The first kappa shape index (κ1) is 19.7. The van der Waals surface area contributed by atoms with Crippen LogP contribution < -0.4 is 0 Å². The van der Waals surface area contributed by atoms with E-state index in [1.807, 2.05) is 0 Å². The van der Waals surface area contributed by atoms with Crippen molar-refractivity contribution in [3.63, 3.8) is 0 Å². The van der Waals surface area contributed by atoms with Crippen molar-refractivity contribution >= 4 is 29.2 Å². The molecule has 0 fully saturated rings. The second-order valence-electron chi connectivity index (χ2n) is 6.40. The maximum atomic E-state index is 11.3. The first-order valence-electron chi connectivity index (χ1n) is 8.77. The lowest BCUT2D eigenvalue weighted by Gasteiger charge is -2.03. The van der Waals surface area contributed by atoms with Gasteiger partial charge >= 0.3 is 5.97 Å². The van der Waals surface area contributed by atoms with Crippen LogP contribution in [0.3, 0.4) is 0 Å². The number of aromatic nitrogens is 1. The monoisotopic (exact) mass is 434 g/mol. The first-order chi connectivity index (χ1) is 14.5. The van der Waals surface area contributed by atoms with Gasteiger partial charge in [0, 0.05) is 16.7 Å². The zero-order valence-corrected chi connectivity index (χ0v) is 16.8. The van der Waals surface area contributed by atoms with E-state index in [4.69, 9.17) is 32.9 Å². The maximum absolute atomic E-state index is 11.3. The van der Waals surface area contributed by atoms with E-state index in [1.54, 1.807) is 54.6 Å². The zero-order valence-electron chi connectivity index (χ0n) is 15.3. The van der Waals surface area contributed by atoms with E-state index in [0.717, 1.165) is 0 Å². The summed E-state index contributed by atoms with van der Waals surface area (Å²) in [4.78, 5) is 15.9. The van der Waals surface area contributed by atoms with Crippen LogP contribution >= 0.6 is 23.2 Å². The molecule has 5 nitrogen and oxygen atoms in total. The minimum absolute atomic E-state index is 0.127. The summed E-state index contributed by atoms with van der Waals surface area (Å²) in [6.45, 7) is 0. The topological polar surface area (TPSA) is 87.1 Å². The van der Waals surface area contributed by atoms with Crippen LogP contribution in [0.4, 0.5) is 0 Å². The van der Waals surface area contributed by atoms with E-state index in [1.165, 1.54) is 12.1 Å². The SMILES string of the molecule is N#Cc1ccc(-c2oc(-c3cccc(C(=O)O)c3)nc2-c2ccc(Cl)c(Cl)c2)cc1. The molecule has 1 heterocycles. The Labute approximate surface area is 181 Å². The third-order valence-electron chi connectivity index (χ3n) is 4.45. The van der Waals surface area contributed by atoms with Gasteiger partial charge in [-0.15, -0.1) is 0 Å². The second kappa shape index (κ2) is 8.03. The van der Waals surface area contributed by atoms with Gasteiger partial charge in [0.15, 0.2) is 5.76 Å². The van der Waals surface area contributed by atoms with E-state index in [9.17, 15) is 9.90 Å². The quantitative estimate of drug-likeness (QED) is 0.393. The number of hydrogen-bond acceptors (Lipinski definition) is 4.